The standard InChI is InChI=1S/C27H28N2O4/c1-16-6-5-7-17(10-16)15-32-21-9-8-18(11-22(21)31-4)24-19(14-28)26(29)33-23-13-27(2,3)12-20(30)25(23)24/h5-11,24H,12-13,15,29H2,1-4H3. The van der Waals surface area contributed by atoms with E-state index < -0.39 is 5.92 Å². The van der Waals surface area contributed by atoms with E-state index in [2.05, 4.69) is 12.1 Å². The molecule has 6 nitrogen and oxygen atoms in total. The molecule has 1 unspecified atom stereocenters. The van der Waals surface area contributed by atoms with Gasteiger partial charge in [-0.25, -0.2) is 0 Å². The molecule has 2 aromatic rings. The fourth-order valence-corrected chi connectivity index (χ4v) is 4.56. The van der Waals surface area contributed by atoms with Gasteiger partial charge < -0.3 is 19.9 Å². The van der Waals surface area contributed by atoms with E-state index in [9.17, 15) is 10.1 Å². The highest BCUT2D eigenvalue weighted by molar-refractivity contribution is 6.00. The number of carbonyl (C=O) groups is 1. The molecule has 2 N–H and O–H groups in total. The summed E-state index contributed by atoms with van der Waals surface area (Å²) in [5, 5.41) is 9.83. The summed E-state index contributed by atoms with van der Waals surface area (Å²) >= 11 is 0. The minimum atomic E-state index is -0.595. The average molecular weight is 445 g/mol. The van der Waals surface area contributed by atoms with Crippen molar-refractivity contribution in [3.63, 3.8) is 0 Å². The topological polar surface area (TPSA) is 94.6 Å². The minimum absolute atomic E-state index is 0.0229. The Balaban J connectivity index is 1.70. The fourth-order valence-electron chi connectivity index (χ4n) is 4.56. The van der Waals surface area contributed by atoms with Gasteiger partial charge in [-0.05, 0) is 35.6 Å². The molecule has 0 saturated heterocycles. The Morgan fingerprint density at radius 3 is 2.67 bits per heavy atom. The summed E-state index contributed by atoms with van der Waals surface area (Å²) in [5.41, 5.74) is 9.58. The third-order valence-corrected chi connectivity index (χ3v) is 6.07. The van der Waals surface area contributed by atoms with Crippen molar-refractivity contribution in [3.8, 4) is 17.6 Å². The molecule has 1 atom stereocenters. The van der Waals surface area contributed by atoms with E-state index in [4.69, 9.17) is 19.9 Å². The van der Waals surface area contributed by atoms with Crippen LogP contribution in [0.1, 0.15) is 49.3 Å². The highest BCUT2D eigenvalue weighted by atomic mass is 16.5. The number of nitriles is 1. The highest BCUT2D eigenvalue weighted by Gasteiger charge is 2.43. The Hall–Kier alpha value is -3.72. The monoisotopic (exact) mass is 444 g/mol. The predicted molar refractivity (Wildman–Crippen MR) is 124 cm³/mol. The summed E-state index contributed by atoms with van der Waals surface area (Å²) in [5.74, 6) is 1.08. The largest absolute Gasteiger partial charge is 0.493 e. The summed E-state index contributed by atoms with van der Waals surface area (Å²) in [4.78, 5) is 13.1. The van der Waals surface area contributed by atoms with E-state index in [1.165, 1.54) is 0 Å². The molecule has 0 fully saturated rings. The third-order valence-electron chi connectivity index (χ3n) is 6.07. The van der Waals surface area contributed by atoms with Crippen molar-refractivity contribution in [3.05, 3.63) is 81.9 Å². The van der Waals surface area contributed by atoms with Crippen molar-refractivity contribution in [2.75, 3.05) is 7.11 Å². The lowest BCUT2D eigenvalue weighted by atomic mass is 9.70. The van der Waals surface area contributed by atoms with Gasteiger partial charge in [-0.1, -0.05) is 49.7 Å². The van der Waals surface area contributed by atoms with Crippen LogP contribution in [0.5, 0.6) is 11.5 Å². The van der Waals surface area contributed by atoms with Crippen LogP contribution in [0.25, 0.3) is 0 Å². The van der Waals surface area contributed by atoms with E-state index >= 15 is 0 Å². The quantitative estimate of drug-likeness (QED) is 0.695. The van der Waals surface area contributed by atoms with Gasteiger partial charge in [0.25, 0.3) is 0 Å². The Morgan fingerprint density at radius 1 is 1.18 bits per heavy atom. The first-order valence-corrected chi connectivity index (χ1v) is 10.9. The lowest BCUT2D eigenvalue weighted by molar-refractivity contribution is -0.119. The van der Waals surface area contributed by atoms with Gasteiger partial charge in [0, 0.05) is 18.4 Å². The van der Waals surface area contributed by atoms with Crippen molar-refractivity contribution < 1.29 is 19.0 Å². The number of nitrogens with zero attached hydrogens (tertiary/aromatic N) is 1. The van der Waals surface area contributed by atoms with Crippen LogP contribution in [-0.2, 0) is 16.1 Å². The minimum Gasteiger partial charge on any atom is -0.493 e. The molecule has 1 heterocycles. The third kappa shape index (κ3) is 4.45. The van der Waals surface area contributed by atoms with Crippen LogP contribution >= 0.6 is 0 Å². The van der Waals surface area contributed by atoms with Gasteiger partial charge in [0.2, 0.25) is 5.88 Å². The summed E-state index contributed by atoms with van der Waals surface area (Å²) in [6, 6.07) is 15.7. The van der Waals surface area contributed by atoms with E-state index in [1.807, 2.05) is 57.2 Å². The van der Waals surface area contributed by atoms with Crippen LogP contribution in [0, 0.1) is 23.7 Å². The van der Waals surface area contributed by atoms with Crippen molar-refractivity contribution in [2.24, 2.45) is 11.1 Å². The lowest BCUT2D eigenvalue weighted by Gasteiger charge is -2.37. The first-order chi connectivity index (χ1) is 15.7. The SMILES string of the molecule is COc1cc(C2C(C#N)=C(N)OC3=C2C(=O)CC(C)(C)C3)ccc1OCc1cccc(C)c1. The molecule has 0 bridgehead atoms. The van der Waals surface area contributed by atoms with Crippen LogP contribution in [0.15, 0.2) is 65.3 Å². The average Bonchev–Trinajstić information content (AvgIpc) is 2.76. The van der Waals surface area contributed by atoms with E-state index in [0.29, 0.717) is 42.3 Å². The number of hydrogen-bond acceptors (Lipinski definition) is 6. The molecule has 0 amide bonds. The van der Waals surface area contributed by atoms with Gasteiger partial charge >= 0.3 is 0 Å². The Bertz CT molecular complexity index is 1220. The first kappa shape index (κ1) is 22.5. The summed E-state index contributed by atoms with van der Waals surface area (Å²) in [6.45, 7) is 6.48. The smallest absolute Gasteiger partial charge is 0.205 e. The predicted octanol–water partition coefficient (Wildman–Crippen LogP) is 5.03. The number of nitrogens with two attached hydrogens (primary N) is 1. The van der Waals surface area contributed by atoms with Crippen LogP contribution in [0.3, 0.4) is 0 Å². The van der Waals surface area contributed by atoms with Gasteiger partial charge in [0.15, 0.2) is 17.3 Å². The van der Waals surface area contributed by atoms with Crippen LogP contribution in [-0.4, -0.2) is 12.9 Å². The second-order valence-electron chi connectivity index (χ2n) is 9.39. The number of aryl methyl sites for hydroxylation is 1. The summed E-state index contributed by atoms with van der Waals surface area (Å²) in [6.07, 6.45) is 0.970. The normalized spacial score (nSPS) is 19.5. The number of ether oxygens (including phenoxy) is 3. The number of ketones is 1. The molecule has 0 aromatic heterocycles. The highest BCUT2D eigenvalue weighted by Crippen LogP contribution is 2.48. The molecule has 0 radical (unpaired) electrons. The lowest BCUT2D eigenvalue weighted by Crippen LogP contribution is -2.33. The van der Waals surface area contributed by atoms with Crippen molar-refractivity contribution in [1.82, 2.24) is 0 Å². The van der Waals surface area contributed by atoms with Crippen LogP contribution < -0.4 is 15.2 Å². The number of Topliss-reactive ketones (excluding diaryl/α,β-unsaturated/α-hetero) is 1. The van der Waals surface area contributed by atoms with E-state index in [1.54, 1.807) is 7.11 Å². The summed E-state index contributed by atoms with van der Waals surface area (Å²) < 4.78 is 17.4. The Labute approximate surface area is 194 Å². The molecule has 2 aromatic carbocycles. The maximum Gasteiger partial charge on any atom is 0.205 e. The maximum absolute atomic E-state index is 13.1. The van der Waals surface area contributed by atoms with Crippen molar-refractivity contribution in [2.45, 2.75) is 46.1 Å². The zero-order valence-corrected chi connectivity index (χ0v) is 19.4. The molecule has 170 valence electrons. The molecular weight excluding hydrogens is 416 g/mol. The molecule has 1 aliphatic carbocycles. The van der Waals surface area contributed by atoms with E-state index in [0.717, 1.165) is 16.7 Å². The number of methoxy groups -OCH3 is 1. The molecule has 6 heteroatoms. The molecule has 0 saturated carbocycles. The Kier molecular flexibility index (Phi) is 5.90. The number of rotatable bonds is 5. The van der Waals surface area contributed by atoms with Gasteiger partial charge in [0.1, 0.15) is 24.0 Å². The van der Waals surface area contributed by atoms with Gasteiger partial charge in [-0.2, -0.15) is 5.26 Å². The first-order valence-electron chi connectivity index (χ1n) is 10.9. The molecule has 2 aliphatic rings. The molecule has 33 heavy (non-hydrogen) atoms. The van der Waals surface area contributed by atoms with Crippen LogP contribution in [0.2, 0.25) is 0 Å². The van der Waals surface area contributed by atoms with Gasteiger partial charge in [-0.3, -0.25) is 4.79 Å². The summed E-state index contributed by atoms with van der Waals surface area (Å²) in [7, 11) is 1.57. The number of allylic oxidation sites excluding steroid dienone is 3. The maximum atomic E-state index is 13.1. The number of carbonyl (C=O) groups excluding carboxylic acids is 1. The Morgan fingerprint density at radius 2 is 1.97 bits per heavy atom. The number of benzene rings is 2. The molecule has 0 spiro atoms. The van der Waals surface area contributed by atoms with E-state index in [-0.39, 0.29) is 22.7 Å². The van der Waals surface area contributed by atoms with Crippen LogP contribution in [0.4, 0.5) is 0 Å². The zero-order chi connectivity index (χ0) is 23.8. The molecule has 1 aliphatic heterocycles. The molecular formula is C27H28N2O4. The zero-order valence-electron chi connectivity index (χ0n) is 19.4. The van der Waals surface area contributed by atoms with Crippen molar-refractivity contribution >= 4 is 5.78 Å². The van der Waals surface area contributed by atoms with Gasteiger partial charge in [0.05, 0.1) is 13.0 Å². The molecule has 4 rings (SSSR count). The number of hydrogen-bond donors (Lipinski definition) is 1. The van der Waals surface area contributed by atoms with Crippen molar-refractivity contribution in [1.29, 1.82) is 5.26 Å². The van der Waals surface area contributed by atoms with Gasteiger partial charge in [-0.15, -0.1) is 0 Å². The fraction of sp³-hybridized carbons (Fsp3) is 0.333. The second-order valence-corrected chi connectivity index (χ2v) is 9.39. The second kappa shape index (κ2) is 8.67.